The average molecular weight is 269 g/mol. The minimum absolute atomic E-state index is 0.103. The Labute approximate surface area is 120 Å². The first kappa shape index (κ1) is 18.5. The van der Waals surface area contributed by atoms with Gasteiger partial charge >= 0.3 is 0 Å². The zero-order chi connectivity index (χ0) is 14.7. The number of hydrogen-bond donors (Lipinski definition) is 1. The Hall–Kier alpha value is -0.530. The van der Waals surface area contributed by atoms with Gasteiger partial charge in [-0.05, 0) is 39.5 Å². The maximum Gasteiger partial charge on any atom is 0.220 e. The molecule has 2 heteroatoms. The summed E-state index contributed by atoms with van der Waals surface area (Å²) in [5.41, 5.74) is -0.103. The topological polar surface area (TPSA) is 29.1 Å². The molecule has 1 unspecified atom stereocenters. The van der Waals surface area contributed by atoms with Crippen molar-refractivity contribution >= 4 is 5.91 Å². The Balaban J connectivity index is 4.06. The Bertz CT molecular complexity index is 230. The van der Waals surface area contributed by atoms with Crippen LogP contribution in [0, 0.1) is 5.92 Å². The number of unbranched alkanes of at least 4 members (excludes halogenated alkanes) is 4. The molecule has 0 radical (unpaired) electrons. The van der Waals surface area contributed by atoms with Crippen molar-refractivity contribution in [2.75, 3.05) is 0 Å². The Kier molecular flexibility index (Phi) is 9.99. The second-order valence-corrected chi connectivity index (χ2v) is 6.86. The highest BCUT2D eigenvalue weighted by Crippen LogP contribution is 2.21. The van der Waals surface area contributed by atoms with E-state index in [0.29, 0.717) is 12.3 Å². The predicted molar refractivity (Wildman–Crippen MR) is 84.3 cm³/mol. The highest BCUT2D eigenvalue weighted by atomic mass is 16.1. The Morgan fingerprint density at radius 2 is 1.53 bits per heavy atom. The van der Waals surface area contributed by atoms with Crippen LogP contribution in [0.4, 0.5) is 0 Å². The lowest BCUT2D eigenvalue weighted by molar-refractivity contribution is -0.123. The van der Waals surface area contributed by atoms with E-state index in [1.54, 1.807) is 0 Å². The fourth-order valence-electron chi connectivity index (χ4n) is 2.43. The summed E-state index contributed by atoms with van der Waals surface area (Å²) in [7, 11) is 0. The molecule has 0 rings (SSSR count). The van der Waals surface area contributed by atoms with Gasteiger partial charge in [0.2, 0.25) is 5.91 Å². The van der Waals surface area contributed by atoms with Gasteiger partial charge in [0.25, 0.3) is 0 Å². The molecule has 0 aromatic heterocycles. The van der Waals surface area contributed by atoms with E-state index in [0.717, 1.165) is 0 Å². The Morgan fingerprint density at radius 1 is 0.947 bits per heavy atom. The molecule has 0 aromatic rings. The molecule has 1 N–H and O–H groups in total. The molecule has 0 aliphatic heterocycles. The van der Waals surface area contributed by atoms with Crippen LogP contribution in [0.3, 0.4) is 0 Å². The molecule has 0 aliphatic carbocycles. The van der Waals surface area contributed by atoms with Gasteiger partial charge < -0.3 is 5.32 Å². The molecule has 0 bridgehead atoms. The van der Waals surface area contributed by atoms with E-state index in [1.807, 2.05) is 20.8 Å². The number of hydrogen-bond acceptors (Lipinski definition) is 1. The molecule has 1 atom stereocenters. The van der Waals surface area contributed by atoms with E-state index in [2.05, 4.69) is 19.2 Å². The first-order chi connectivity index (χ1) is 8.89. The van der Waals surface area contributed by atoms with E-state index in [1.165, 1.54) is 51.4 Å². The smallest absolute Gasteiger partial charge is 0.220 e. The molecule has 19 heavy (non-hydrogen) atoms. The molecule has 2 nitrogen and oxygen atoms in total. The van der Waals surface area contributed by atoms with Gasteiger partial charge in [0.05, 0.1) is 0 Å². The predicted octanol–water partition coefficient (Wildman–Crippen LogP) is 5.07. The highest BCUT2D eigenvalue weighted by molar-refractivity contribution is 5.76. The van der Waals surface area contributed by atoms with Gasteiger partial charge in [0, 0.05) is 12.0 Å². The summed E-state index contributed by atoms with van der Waals surface area (Å²) in [5, 5.41) is 3.09. The zero-order valence-corrected chi connectivity index (χ0v) is 13.8. The van der Waals surface area contributed by atoms with Crippen LogP contribution >= 0.6 is 0 Å². The lowest BCUT2D eigenvalue weighted by Gasteiger charge is -2.23. The van der Waals surface area contributed by atoms with Crippen molar-refractivity contribution in [2.24, 2.45) is 5.92 Å². The van der Waals surface area contributed by atoms with Crippen molar-refractivity contribution < 1.29 is 4.79 Å². The van der Waals surface area contributed by atoms with Gasteiger partial charge in [0.1, 0.15) is 0 Å². The molecule has 0 fully saturated rings. The molecule has 0 aromatic carbocycles. The number of rotatable bonds is 10. The first-order valence-electron chi connectivity index (χ1n) is 8.20. The zero-order valence-electron chi connectivity index (χ0n) is 13.8. The molecule has 0 saturated heterocycles. The fourth-order valence-corrected chi connectivity index (χ4v) is 2.43. The van der Waals surface area contributed by atoms with Crippen molar-refractivity contribution in [2.45, 2.75) is 97.9 Å². The largest absolute Gasteiger partial charge is 0.352 e. The highest BCUT2D eigenvalue weighted by Gasteiger charge is 2.18. The summed E-state index contributed by atoms with van der Waals surface area (Å²) in [4.78, 5) is 12.0. The third-order valence-corrected chi connectivity index (χ3v) is 3.42. The number of amides is 1. The average Bonchev–Trinajstić information content (AvgIpc) is 2.28. The van der Waals surface area contributed by atoms with Crippen LogP contribution in [0.15, 0.2) is 0 Å². The fraction of sp³-hybridized carbons (Fsp3) is 0.941. The third kappa shape index (κ3) is 12.3. The van der Waals surface area contributed by atoms with Gasteiger partial charge in [-0.3, -0.25) is 4.79 Å². The SMILES string of the molecule is CCCCCCC(CCCC)CC(=O)NC(C)(C)C. The normalized spacial score (nSPS) is 13.3. The number of nitrogens with one attached hydrogen (secondary N) is 1. The molecule has 1 amide bonds. The van der Waals surface area contributed by atoms with Gasteiger partial charge in [-0.15, -0.1) is 0 Å². The summed E-state index contributed by atoms with van der Waals surface area (Å²) in [6.07, 6.45) is 10.8. The van der Waals surface area contributed by atoms with Crippen molar-refractivity contribution in [3.05, 3.63) is 0 Å². The van der Waals surface area contributed by atoms with Gasteiger partial charge in [-0.2, -0.15) is 0 Å². The van der Waals surface area contributed by atoms with Crippen LogP contribution < -0.4 is 5.32 Å². The minimum Gasteiger partial charge on any atom is -0.352 e. The minimum atomic E-state index is -0.103. The van der Waals surface area contributed by atoms with Crippen molar-refractivity contribution in [3.8, 4) is 0 Å². The first-order valence-corrected chi connectivity index (χ1v) is 8.20. The van der Waals surface area contributed by atoms with E-state index in [4.69, 9.17) is 0 Å². The maximum atomic E-state index is 12.0. The van der Waals surface area contributed by atoms with E-state index in [9.17, 15) is 4.79 Å². The maximum absolute atomic E-state index is 12.0. The Morgan fingerprint density at radius 3 is 2.05 bits per heavy atom. The van der Waals surface area contributed by atoms with Crippen molar-refractivity contribution in [1.82, 2.24) is 5.32 Å². The van der Waals surface area contributed by atoms with Crippen molar-refractivity contribution in [1.29, 1.82) is 0 Å². The van der Waals surface area contributed by atoms with Gasteiger partial charge in [0.15, 0.2) is 0 Å². The van der Waals surface area contributed by atoms with Crippen LogP contribution in [0.25, 0.3) is 0 Å². The van der Waals surface area contributed by atoms with Crippen LogP contribution in [0.1, 0.15) is 92.4 Å². The standard InChI is InChI=1S/C17H35NO/c1-6-8-10-11-13-15(12-9-7-2)14-16(19)18-17(3,4)5/h15H,6-14H2,1-5H3,(H,18,19). The lowest BCUT2D eigenvalue weighted by Crippen LogP contribution is -2.41. The summed E-state index contributed by atoms with van der Waals surface area (Å²) in [6.45, 7) is 10.6. The number of carbonyl (C=O) groups is 1. The van der Waals surface area contributed by atoms with Crippen LogP contribution in [-0.2, 0) is 4.79 Å². The second-order valence-electron chi connectivity index (χ2n) is 6.86. The van der Waals surface area contributed by atoms with E-state index >= 15 is 0 Å². The number of carbonyl (C=O) groups excluding carboxylic acids is 1. The molecule has 0 saturated carbocycles. The summed E-state index contributed by atoms with van der Waals surface area (Å²) in [6, 6.07) is 0. The monoisotopic (exact) mass is 269 g/mol. The van der Waals surface area contributed by atoms with E-state index < -0.39 is 0 Å². The third-order valence-electron chi connectivity index (χ3n) is 3.42. The molecule has 0 spiro atoms. The van der Waals surface area contributed by atoms with Crippen LogP contribution in [0.5, 0.6) is 0 Å². The van der Waals surface area contributed by atoms with Gasteiger partial charge in [-0.1, -0.05) is 52.4 Å². The summed E-state index contributed by atoms with van der Waals surface area (Å²) >= 11 is 0. The quantitative estimate of drug-likeness (QED) is 0.551. The second kappa shape index (κ2) is 10.3. The van der Waals surface area contributed by atoms with Crippen molar-refractivity contribution in [3.63, 3.8) is 0 Å². The van der Waals surface area contributed by atoms with Crippen LogP contribution in [-0.4, -0.2) is 11.4 Å². The van der Waals surface area contributed by atoms with E-state index in [-0.39, 0.29) is 11.4 Å². The summed E-state index contributed by atoms with van der Waals surface area (Å²) < 4.78 is 0. The lowest BCUT2D eigenvalue weighted by atomic mass is 9.91. The molecule has 0 aliphatic rings. The molecular formula is C17H35NO. The summed E-state index contributed by atoms with van der Waals surface area (Å²) in [5.74, 6) is 0.809. The van der Waals surface area contributed by atoms with Crippen LogP contribution in [0.2, 0.25) is 0 Å². The van der Waals surface area contributed by atoms with Gasteiger partial charge in [-0.25, -0.2) is 0 Å². The molecular weight excluding hydrogens is 234 g/mol. The molecule has 0 heterocycles. The molecule has 114 valence electrons.